The number of rotatable bonds is 4. The maximum atomic E-state index is 12.0. The van der Waals surface area contributed by atoms with Crippen LogP contribution in [-0.4, -0.2) is 50.1 Å². The lowest BCUT2D eigenvalue weighted by Gasteiger charge is -2.24. The quantitative estimate of drug-likeness (QED) is 0.760. The highest BCUT2D eigenvalue weighted by Crippen LogP contribution is 2.24. The first-order chi connectivity index (χ1) is 12.7. The summed E-state index contributed by atoms with van der Waals surface area (Å²) in [4.78, 5) is 18.0. The molecule has 0 aliphatic heterocycles. The Labute approximate surface area is 158 Å². The van der Waals surface area contributed by atoms with Gasteiger partial charge in [-0.25, -0.2) is 4.79 Å². The number of phenols is 1. The van der Waals surface area contributed by atoms with E-state index in [-0.39, 0.29) is 11.8 Å². The van der Waals surface area contributed by atoms with Crippen molar-refractivity contribution in [3.8, 4) is 16.9 Å². The van der Waals surface area contributed by atoms with Gasteiger partial charge in [-0.1, -0.05) is 0 Å². The summed E-state index contributed by atoms with van der Waals surface area (Å²) in [6.45, 7) is 6.57. The largest absolute Gasteiger partial charge is 0.508 e. The lowest BCUT2D eigenvalue weighted by molar-refractivity contribution is 0.0292. The fourth-order valence-electron chi connectivity index (χ4n) is 2.60. The standard InChI is InChI=1S/C20H24N4O3/c1-20(2,3)27-19(26)23(4)7-8-24-13-16(12-22-24)15-9-14-10-17(25)5-6-18(14)21-11-15/h5-6,9-13,25H,7-8H2,1-4H3. The molecule has 142 valence electrons. The molecule has 0 aliphatic rings. The third kappa shape index (κ3) is 4.75. The van der Waals surface area contributed by atoms with Crippen LogP contribution in [0.3, 0.4) is 0 Å². The molecule has 0 radical (unpaired) electrons. The SMILES string of the molecule is CN(CCn1cc(-c2cnc3ccc(O)cc3c2)cn1)C(=O)OC(C)(C)C. The van der Waals surface area contributed by atoms with Gasteiger partial charge in [0.2, 0.25) is 0 Å². The Morgan fingerprint density at radius 2 is 2.00 bits per heavy atom. The summed E-state index contributed by atoms with van der Waals surface area (Å²) in [7, 11) is 1.71. The van der Waals surface area contributed by atoms with Gasteiger partial charge in [-0.05, 0) is 45.0 Å². The molecule has 0 aliphatic carbocycles. The van der Waals surface area contributed by atoms with Crippen LogP contribution in [0.15, 0.2) is 42.9 Å². The second-order valence-corrected chi connectivity index (χ2v) is 7.49. The second kappa shape index (κ2) is 7.26. The maximum absolute atomic E-state index is 12.0. The molecule has 3 rings (SSSR count). The molecule has 3 aromatic rings. The van der Waals surface area contributed by atoms with Crippen LogP contribution in [0.2, 0.25) is 0 Å². The molecule has 1 amide bonds. The van der Waals surface area contributed by atoms with E-state index in [1.165, 1.54) is 4.90 Å². The van der Waals surface area contributed by atoms with Gasteiger partial charge in [-0.15, -0.1) is 0 Å². The molecule has 7 heteroatoms. The van der Waals surface area contributed by atoms with Crippen molar-refractivity contribution in [1.29, 1.82) is 0 Å². The van der Waals surface area contributed by atoms with Crippen LogP contribution in [0.4, 0.5) is 4.79 Å². The van der Waals surface area contributed by atoms with Gasteiger partial charge in [0, 0.05) is 42.5 Å². The van der Waals surface area contributed by atoms with E-state index in [1.807, 2.05) is 33.0 Å². The number of carbonyl (C=O) groups excluding carboxylic acids is 1. The number of phenolic OH excluding ortho intramolecular Hbond substituents is 1. The van der Waals surface area contributed by atoms with Gasteiger partial charge in [-0.2, -0.15) is 5.10 Å². The molecule has 2 aromatic heterocycles. The van der Waals surface area contributed by atoms with Crippen LogP contribution >= 0.6 is 0 Å². The summed E-state index contributed by atoms with van der Waals surface area (Å²) in [5, 5.41) is 14.9. The highest BCUT2D eigenvalue weighted by atomic mass is 16.6. The maximum Gasteiger partial charge on any atom is 0.410 e. The molecule has 0 unspecified atom stereocenters. The molecule has 2 heterocycles. The van der Waals surface area contributed by atoms with Crippen molar-refractivity contribution in [2.24, 2.45) is 0 Å². The molecule has 7 nitrogen and oxygen atoms in total. The van der Waals surface area contributed by atoms with Gasteiger partial charge in [0.1, 0.15) is 11.4 Å². The monoisotopic (exact) mass is 368 g/mol. The average molecular weight is 368 g/mol. The number of benzene rings is 1. The summed E-state index contributed by atoms with van der Waals surface area (Å²) in [6.07, 6.45) is 5.11. The molecule has 0 fully saturated rings. The van der Waals surface area contributed by atoms with Gasteiger partial charge in [-0.3, -0.25) is 9.67 Å². The zero-order chi connectivity index (χ0) is 19.6. The summed E-state index contributed by atoms with van der Waals surface area (Å²) >= 11 is 0. The molecular weight excluding hydrogens is 344 g/mol. The molecule has 27 heavy (non-hydrogen) atoms. The fourth-order valence-corrected chi connectivity index (χ4v) is 2.60. The number of amides is 1. The molecule has 1 aromatic carbocycles. The van der Waals surface area contributed by atoms with E-state index in [0.717, 1.165) is 22.0 Å². The van der Waals surface area contributed by atoms with Gasteiger partial charge < -0.3 is 14.7 Å². The molecule has 0 spiro atoms. The first-order valence-corrected chi connectivity index (χ1v) is 8.77. The highest BCUT2D eigenvalue weighted by Gasteiger charge is 2.19. The Morgan fingerprint density at radius 3 is 2.74 bits per heavy atom. The highest BCUT2D eigenvalue weighted by molar-refractivity contribution is 5.84. The van der Waals surface area contributed by atoms with Crippen molar-refractivity contribution in [2.75, 3.05) is 13.6 Å². The summed E-state index contributed by atoms with van der Waals surface area (Å²) < 4.78 is 7.12. The first-order valence-electron chi connectivity index (χ1n) is 8.77. The smallest absolute Gasteiger partial charge is 0.410 e. The Kier molecular flexibility index (Phi) is 5.03. The fraction of sp³-hybridized carbons (Fsp3) is 0.350. The van der Waals surface area contributed by atoms with E-state index in [0.29, 0.717) is 13.1 Å². The van der Waals surface area contributed by atoms with Crippen molar-refractivity contribution >= 4 is 17.0 Å². The minimum atomic E-state index is -0.512. The van der Waals surface area contributed by atoms with E-state index in [1.54, 1.807) is 42.3 Å². The predicted molar refractivity (Wildman–Crippen MR) is 103 cm³/mol. The number of nitrogens with zero attached hydrogens (tertiary/aromatic N) is 4. The third-order valence-electron chi connectivity index (χ3n) is 4.00. The number of aromatic hydroxyl groups is 1. The van der Waals surface area contributed by atoms with Crippen molar-refractivity contribution in [3.05, 3.63) is 42.9 Å². The van der Waals surface area contributed by atoms with Gasteiger partial charge >= 0.3 is 6.09 Å². The van der Waals surface area contributed by atoms with Crippen molar-refractivity contribution in [3.63, 3.8) is 0 Å². The van der Waals surface area contributed by atoms with Crippen LogP contribution in [0, 0.1) is 0 Å². The number of hydrogen-bond acceptors (Lipinski definition) is 5. The summed E-state index contributed by atoms with van der Waals surface area (Å²) in [6, 6.07) is 7.06. The van der Waals surface area contributed by atoms with E-state index < -0.39 is 5.60 Å². The van der Waals surface area contributed by atoms with Gasteiger partial charge in [0.15, 0.2) is 0 Å². The average Bonchev–Trinajstić information content (AvgIpc) is 3.06. The van der Waals surface area contributed by atoms with Gasteiger partial charge in [0.05, 0.1) is 18.3 Å². The Bertz CT molecular complexity index is 959. The lowest BCUT2D eigenvalue weighted by Crippen LogP contribution is -2.35. The van der Waals surface area contributed by atoms with Crippen LogP contribution in [0.25, 0.3) is 22.0 Å². The molecule has 0 atom stereocenters. The van der Waals surface area contributed by atoms with Crippen molar-refractivity contribution in [2.45, 2.75) is 32.9 Å². The van der Waals surface area contributed by atoms with Crippen LogP contribution in [0.5, 0.6) is 5.75 Å². The van der Waals surface area contributed by atoms with Gasteiger partial charge in [0.25, 0.3) is 0 Å². The normalized spacial score (nSPS) is 11.6. The lowest BCUT2D eigenvalue weighted by atomic mass is 10.1. The molecule has 1 N–H and O–H groups in total. The second-order valence-electron chi connectivity index (χ2n) is 7.49. The number of fused-ring (bicyclic) bond motifs is 1. The predicted octanol–water partition coefficient (Wildman–Crippen LogP) is 3.67. The number of likely N-dealkylation sites (N-methyl/N-ethyl adjacent to an activating group) is 1. The number of carbonyl (C=O) groups is 1. The summed E-state index contributed by atoms with van der Waals surface area (Å²) in [5.74, 6) is 0.210. The Balaban J connectivity index is 1.67. The molecule has 0 bridgehead atoms. The number of ether oxygens (including phenoxy) is 1. The minimum Gasteiger partial charge on any atom is -0.508 e. The first kappa shape index (κ1) is 18.7. The van der Waals surface area contributed by atoms with E-state index in [9.17, 15) is 9.90 Å². The van der Waals surface area contributed by atoms with Crippen LogP contribution < -0.4 is 0 Å². The zero-order valence-electron chi connectivity index (χ0n) is 16.0. The number of aromatic nitrogens is 3. The third-order valence-corrected chi connectivity index (χ3v) is 4.00. The minimum absolute atomic E-state index is 0.210. The van der Waals surface area contributed by atoms with E-state index in [4.69, 9.17) is 4.74 Å². The molecular formula is C20H24N4O3. The molecule has 0 saturated heterocycles. The van der Waals surface area contributed by atoms with Crippen LogP contribution in [0.1, 0.15) is 20.8 Å². The summed E-state index contributed by atoms with van der Waals surface area (Å²) in [5.41, 5.74) is 2.15. The van der Waals surface area contributed by atoms with Crippen molar-refractivity contribution in [1.82, 2.24) is 19.7 Å². The van der Waals surface area contributed by atoms with E-state index in [2.05, 4.69) is 10.1 Å². The molecule has 0 saturated carbocycles. The Morgan fingerprint density at radius 1 is 1.22 bits per heavy atom. The van der Waals surface area contributed by atoms with E-state index >= 15 is 0 Å². The zero-order valence-corrected chi connectivity index (χ0v) is 16.0. The number of hydrogen-bond donors (Lipinski definition) is 1. The van der Waals surface area contributed by atoms with Crippen molar-refractivity contribution < 1.29 is 14.6 Å². The Hall–Kier alpha value is -3.09. The topological polar surface area (TPSA) is 80.5 Å². The van der Waals surface area contributed by atoms with Crippen LogP contribution in [-0.2, 0) is 11.3 Å². The number of pyridine rings is 1.